The summed E-state index contributed by atoms with van der Waals surface area (Å²) in [5.74, 6) is -0.712. The Balaban J connectivity index is 2.87. The molecule has 0 saturated heterocycles. The zero-order chi connectivity index (χ0) is 11.5. The number of hydrogen-bond donors (Lipinski definition) is 1. The van der Waals surface area contributed by atoms with Gasteiger partial charge in [-0.3, -0.25) is 4.79 Å². The predicted octanol–water partition coefficient (Wildman–Crippen LogP) is 0.862. The molecule has 0 heterocycles. The smallest absolute Gasteiger partial charge is 0.217 e. The first-order valence-corrected chi connectivity index (χ1v) is 6.11. The normalized spacial score (nSPS) is 11.1. The van der Waals surface area contributed by atoms with Crippen molar-refractivity contribution in [1.29, 1.82) is 0 Å². The Kier molecular flexibility index (Phi) is 3.47. The third kappa shape index (κ3) is 3.36. The zero-order valence-electron chi connectivity index (χ0n) is 8.65. The van der Waals surface area contributed by atoms with Gasteiger partial charge in [0.1, 0.15) is 5.88 Å². The van der Waals surface area contributed by atoms with E-state index in [0.29, 0.717) is 0 Å². The van der Waals surface area contributed by atoms with Crippen LogP contribution in [0, 0.1) is 6.92 Å². The van der Waals surface area contributed by atoms with Gasteiger partial charge in [0.25, 0.3) is 0 Å². The highest BCUT2D eigenvalue weighted by Gasteiger charge is 2.13. The van der Waals surface area contributed by atoms with E-state index in [1.54, 1.807) is 12.1 Å². The van der Waals surface area contributed by atoms with Crippen molar-refractivity contribution in [2.45, 2.75) is 18.7 Å². The Hall–Kier alpha value is -1.36. The molecule has 0 aliphatic carbocycles. The summed E-state index contributed by atoms with van der Waals surface area (Å²) in [4.78, 5) is 10.8. The van der Waals surface area contributed by atoms with Gasteiger partial charge in [-0.05, 0) is 19.1 Å². The fourth-order valence-electron chi connectivity index (χ4n) is 1.03. The van der Waals surface area contributed by atoms with Crippen LogP contribution in [0.2, 0.25) is 0 Å². The Morgan fingerprint density at radius 3 is 2.27 bits per heavy atom. The van der Waals surface area contributed by atoms with Crippen LogP contribution in [0.25, 0.3) is 0 Å². The van der Waals surface area contributed by atoms with Gasteiger partial charge in [0, 0.05) is 6.92 Å². The molecular weight excluding hydrogens is 214 g/mol. The maximum absolute atomic E-state index is 11.6. The Labute approximate surface area is 89.2 Å². The van der Waals surface area contributed by atoms with E-state index in [2.05, 4.69) is 5.32 Å². The minimum atomic E-state index is -3.40. The fraction of sp³-hybridized carbons (Fsp3) is 0.300. The third-order valence-corrected chi connectivity index (χ3v) is 3.41. The van der Waals surface area contributed by atoms with Crippen LogP contribution in [0.5, 0.6) is 0 Å². The molecule has 5 heteroatoms. The molecule has 82 valence electrons. The molecule has 0 spiro atoms. The van der Waals surface area contributed by atoms with Crippen molar-refractivity contribution in [3.63, 3.8) is 0 Å². The summed E-state index contributed by atoms with van der Waals surface area (Å²) in [7, 11) is -3.40. The van der Waals surface area contributed by atoms with Crippen molar-refractivity contribution in [3.05, 3.63) is 29.8 Å². The van der Waals surface area contributed by atoms with Crippen LogP contribution in [0.15, 0.2) is 29.2 Å². The Bertz CT molecular complexity index is 448. The first kappa shape index (κ1) is 11.7. The standard InChI is InChI=1S/C10H13NO3S/c1-8-3-5-10(6-4-8)15(13,14)7-11-9(2)12/h3-6H,7H2,1-2H3,(H,11,12). The molecule has 1 aromatic rings. The molecule has 1 N–H and O–H groups in total. The first-order valence-electron chi connectivity index (χ1n) is 4.46. The van der Waals surface area contributed by atoms with Gasteiger partial charge in [-0.15, -0.1) is 0 Å². The van der Waals surface area contributed by atoms with Crippen LogP contribution in [-0.4, -0.2) is 20.2 Å². The molecule has 1 amide bonds. The lowest BCUT2D eigenvalue weighted by Gasteiger charge is -2.04. The maximum atomic E-state index is 11.6. The van der Waals surface area contributed by atoms with Crippen molar-refractivity contribution in [1.82, 2.24) is 5.32 Å². The number of amides is 1. The van der Waals surface area contributed by atoms with Crippen LogP contribution in [0.4, 0.5) is 0 Å². The van der Waals surface area contributed by atoms with Crippen molar-refractivity contribution >= 4 is 15.7 Å². The average Bonchev–Trinajstić information content (AvgIpc) is 2.16. The lowest BCUT2D eigenvalue weighted by molar-refractivity contribution is -0.118. The van der Waals surface area contributed by atoms with E-state index in [4.69, 9.17) is 0 Å². The summed E-state index contributed by atoms with van der Waals surface area (Å²) in [5, 5.41) is 2.27. The fourth-order valence-corrected chi connectivity index (χ4v) is 2.14. The SMILES string of the molecule is CC(=O)NCS(=O)(=O)c1ccc(C)cc1. The van der Waals surface area contributed by atoms with E-state index in [0.717, 1.165) is 5.56 Å². The van der Waals surface area contributed by atoms with E-state index in [1.807, 2.05) is 6.92 Å². The topological polar surface area (TPSA) is 63.2 Å². The molecule has 0 fully saturated rings. The molecule has 0 atom stereocenters. The largest absolute Gasteiger partial charge is 0.342 e. The summed E-state index contributed by atoms with van der Waals surface area (Å²) in [6.45, 7) is 3.16. The molecule has 1 aromatic carbocycles. The summed E-state index contributed by atoms with van der Waals surface area (Å²) >= 11 is 0. The molecule has 0 saturated carbocycles. The van der Waals surface area contributed by atoms with E-state index < -0.39 is 9.84 Å². The number of sulfone groups is 1. The maximum Gasteiger partial charge on any atom is 0.217 e. The number of hydrogen-bond acceptors (Lipinski definition) is 3. The quantitative estimate of drug-likeness (QED) is 0.833. The molecule has 0 unspecified atom stereocenters. The van der Waals surface area contributed by atoms with Gasteiger partial charge in [0.15, 0.2) is 9.84 Å². The second-order valence-corrected chi connectivity index (χ2v) is 5.29. The summed E-state index contributed by atoms with van der Waals surface area (Å²) in [6, 6.07) is 6.51. The van der Waals surface area contributed by atoms with E-state index >= 15 is 0 Å². The van der Waals surface area contributed by atoms with Gasteiger partial charge >= 0.3 is 0 Å². The molecule has 15 heavy (non-hydrogen) atoms. The number of nitrogens with one attached hydrogen (secondary N) is 1. The third-order valence-electron chi connectivity index (χ3n) is 1.89. The number of rotatable bonds is 3. The predicted molar refractivity (Wildman–Crippen MR) is 57.0 cm³/mol. The monoisotopic (exact) mass is 227 g/mol. The number of carbonyl (C=O) groups is 1. The minimum Gasteiger partial charge on any atom is -0.342 e. The molecule has 0 aliphatic heterocycles. The van der Waals surface area contributed by atoms with Gasteiger partial charge in [0.05, 0.1) is 4.90 Å². The van der Waals surface area contributed by atoms with Crippen molar-refractivity contribution < 1.29 is 13.2 Å². The Morgan fingerprint density at radius 1 is 1.27 bits per heavy atom. The number of aryl methyl sites for hydroxylation is 1. The lowest BCUT2D eigenvalue weighted by atomic mass is 10.2. The van der Waals surface area contributed by atoms with Crippen LogP contribution >= 0.6 is 0 Å². The Morgan fingerprint density at radius 2 is 1.80 bits per heavy atom. The highest BCUT2D eigenvalue weighted by atomic mass is 32.2. The zero-order valence-corrected chi connectivity index (χ0v) is 9.47. The van der Waals surface area contributed by atoms with Crippen molar-refractivity contribution in [2.24, 2.45) is 0 Å². The minimum absolute atomic E-state index is 0.224. The molecule has 0 bridgehead atoms. The van der Waals surface area contributed by atoms with Crippen LogP contribution in [-0.2, 0) is 14.6 Å². The summed E-state index contributed by atoms with van der Waals surface area (Å²) in [6.07, 6.45) is 0. The second-order valence-electron chi connectivity index (χ2n) is 3.31. The average molecular weight is 227 g/mol. The van der Waals surface area contributed by atoms with Gasteiger partial charge in [-0.25, -0.2) is 8.42 Å². The molecule has 0 aliphatic rings. The van der Waals surface area contributed by atoms with Gasteiger partial charge < -0.3 is 5.32 Å². The van der Waals surface area contributed by atoms with E-state index in [9.17, 15) is 13.2 Å². The first-order chi connectivity index (χ1) is 6.92. The summed E-state index contributed by atoms with van der Waals surface area (Å²) < 4.78 is 23.3. The second kappa shape index (κ2) is 4.44. The highest BCUT2D eigenvalue weighted by Crippen LogP contribution is 2.10. The number of carbonyl (C=O) groups excluding carboxylic acids is 1. The van der Waals surface area contributed by atoms with Crippen LogP contribution in [0.3, 0.4) is 0 Å². The van der Waals surface area contributed by atoms with Crippen LogP contribution < -0.4 is 5.32 Å². The summed E-state index contributed by atoms with van der Waals surface area (Å²) in [5.41, 5.74) is 0.994. The van der Waals surface area contributed by atoms with E-state index in [1.165, 1.54) is 19.1 Å². The lowest BCUT2D eigenvalue weighted by Crippen LogP contribution is -2.27. The van der Waals surface area contributed by atoms with Gasteiger partial charge in [-0.2, -0.15) is 0 Å². The van der Waals surface area contributed by atoms with Crippen molar-refractivity contribution in [3.8, 4) is 0 Å². The molecule has 0 aromatic heterocycles. The number of benzene rings is 1. The van der Waals surface area contributed by atoms with Gasteiger partial charge in [-0.1, -0.05) is 17.7 Å². The molecule has 4 nitrogen and oxygen atoms in total. The molecule has 1 rings (SSSR count). The van der Waals surface area contributed by atoms with E-state index in [-0.39, 0.29) is 16.7 Å². The van der Waals surface area contributed by atoms with Crippen LogP contribution in [0.1, 0.15) is 12.5 Å². The molecular formula is C10H13NO3S. The molecule has 0 radical (unpaired) electrons. The highest BCUT2D eigenvalue weighted by molar-refractivity contribution is 7.91. The van der Waals surface area contributed by atoms with Crippen molar-refractivity contribution in [2.75, 3.05) is 5.88 Å². The van der Waals surface area contributed by atoms with Gasteiger partial charge in [0.2, 0.25) is 5.91 Å².